The molecule has 3 heteroatoms. The summed E-state index contributed by atoms with van der Waals surface area (Å²) in [6, 6.07) is 6.11. The summed E-state index contributed by atoms with van der Waals surface area (Å²) in [6.07, 6.45) is 1.62. The highest BCUT2D eigenvalue weighted by Crippen LogP contribution is 2.42. The van der Waals surface area contributed by atoms with Crippen molar-refractivity contribution in [3.05, 3.63) is 35.6 Å². The second kappa shape index (κ2) is 3.40. The topological polar surface area (TPSA) is 37.3 Å². The van der Waals surface area contributed by atoms with Crippen LogP contribution in [-0.2, 0) is 4.79 Å². The molecule has 0 radical (unpaired) electrons. The first kappa shape index (κ1) is 9.19. The number of carboxylic acid groups (broad SMARTS) is 1. The van der Waals surface area contributed by atoms with Crippen molar-refractivity contribution in [3.8, 4) is 0 Å². The van der Waals surface area contributed by atoms with Crippen molar-refractivity contribution >= 4 is 5.97 Å². The third-order valence-electron chi connectivity index (χ3n) is 2.89. The first-order valence-corrected chi connectivity index (χ1v) is 4.67. The van der Waals surface area contributed by atoms with Crippen molar-refractivity contribution in [1.82, 2.24) is 0 Å². The number of carbonyl (C=O) groups is 1. The van der Waals surface area contributed by atoms with Crippen LogP contribution in [0.15, 0.2) is 24.3 Å². The number of carboxylic acids is 1. The molecule has 1 aromatic carbocycles. The Morgan fingerprint density at radius 2 is 1.93 bits per heavy atom. The molecule has 1 fully saturated rings. The lowest BCUT2D eigenvalue weighted by molar-refractivity contribution is -0.145. The predicted molar refractivity (Wildman–Crippen MR) is 49.5 cm³/mol. The van der Waals surface area contributed by atoms with Crippen LogP contribution in [0.2, 0.25) is 0 Å². The summed E-state index contributed by atoms with van der Waals surface area (Å²) in [5.41, 5.74) is 0.935. The molecule has 0 aliphatic heterocycles. The normalized spacial score (nSPS) is 25.5. The fourth-order valence-electron chi connectivity index (χ4n) is 1.90. The summed E-state index contributed by atoms with van der Waals surface area (Å²) < 4.78 is 12.6. The number of benzene rings is 1. The third-order valence-corrected chi connectivity index (χ3v) is 2.89. The summed E-state index contributed by atoms with van der Waals surface area (Å²) >= 11 is 0. The highest BCUT2D eigenvalue weighted by atomic mass is 19.1. The maximum Gasteiger partial charge on any atom is 0.307 e. The Bertz CT molecular complexity index is 345. The van der Waals surface area contributed by atoms with Crippen molar-refractivity contribution in [2.24, 2.45) is 5.92 Å². The van der Waals surface area contributed by atoms with Gasteiger partial charge in [0, 0.05) is 0 Å². The van der Waals surface area contributed by atoms with Gasteiger partial charge in [-0.15, -0.1) is 0 Å². The van der Waals surface area contributed by atoms with Crippen LogP contribution in [0, 0.1) is 11.7 Å². The molecule has 0 amide bonds. The SMILES string of the molecule is O=C(O)[C@@H]1CC[C@@H]1c1ccc(F)cc1. The number of rotatable bonds is 2. The predicted octanol–water partition coefficient (Wildman–Crippen LogP) is 2.40. The molecule has 14 heavy (non-hydrogen) atoms. The van der Waals surface area contributed by atoms with Crippen molar-refractivity contribution in [2.45, 2.75) is 18.8 Å². The first-order valence-electron chi connectivity index (χ1n) is 4.67. The molecule has 2 atom stereocenters. The van der Waals surface area contributed by atoms with E-state index in [1.165, 1.54) is 12.1 Å². The molecule has 0 spiro atoms. The molecular formula is C11H11FO2. The zero-order chi connectivity index (χ0) is 10.1. The van der Waals surface area contributed by atoms with Crippen LogP contribution in [0.4, 0.5) is 4.39 Å². The molecular weight excluding hydrogens is 183 g/mol. The van der Waals surface area contributed by atoms with Gasteiger partial charge in [-0.25, -0.2) is 4.39 Å². The second-order valence-corrected chi connectivity index (χ2v) is 3.68. The molecule has 0 unspecified atom stereocenters. The summed E-state index contributed by atoms with van der Waals surface area (Å²) in [4.78, 5) is 10.8. The zero-order valence-corrected chi connectivity index (χ0v) is 7.61. The smallest absolute Gasteiger partial charge is 0.307 e. The molecule has 0 saturated heterocycles. The van der Waals surface area contributed by atoms with E-state index in [2.05, 4.69) is 0 Å². The highest BCUT2D eigenvalue weighted by molar-refractivity contribution is 5.72. The molecule has 2 rings (SSSR count). The average Bonchev–Trinajstić information content (AvgIpc) is 2.05. The number of hydrogen-bond acceptors (Lipinski definition) is 1. The van der Waals surface area contributed by atoms with E-state index >= 15 is 0 Å². The molecule has 1 N–H and O–H groups in total. The minimum absolute atomic E-state index is 0.0769. The van der Waals surface area contributed by atoms with Gasteiger partial charge in [-0.05, 0) is 36.5 Å². The van der Waals surface area contributed by atoms with E-state index in [1.807, 2.05) is 0 Å². The molecule has 1 saturated carbocycles. The first-order chi connectivity index (χ1) is 6.68. The highest BCUT2D eigenvalue weighted by Gasteiger charge is 2.37. The van der Waals surface area contributed by atoms with Crippen LogP contribution in [0.5, 0.6) is 0 Å². The van der Waals surface area contributed by atoms with Crippen molar-refractivity contribution < 1.29 is 14.3 Å². The fraction of sp³-hybridized carbons (Fsp3) is 0.364. The Morgan fingerprint density at radius 1 is 1.29 bits per heavy atom. The van der Waals surface area contributed by atoms with E-state index in [1.54, 1.807) is 12.1 Å². The standard InChI is InChI=1S/C11H11FO2/c12-8-3-1-7(2-4-8)9-5-6-10(9)11(13)14/h1-4,9-10H,5-6H2,(H,13,14)/t9-,10-/m1/s1. The Morgan fingerprint density at radius 3 is 2.36 bits per heavy atom. The van der Waals surface area contributed by atoms with Crippen LogP contribution in [0.1, 0.15) is 24.3 Å². The molecule has 0 bridgehead atoms. The third kappa shape index (κ3) is 1.50. The van der Waals surface area contributed by atoms with Crippen LogP contribution in [0.3, 0.4) is 0 Å². The number of aliphatic carboxylic acids is 1. The molecule has 1 aliphatic carbocycles. The number of hydrogen-bond donors (Lipinski definition) is 1. The monoisotopic (exact) mass is 194 g/mol. The quantitative estimate of drug-likeness (QED) is 0.784. The van der Waals surface area contributed by atoms with Gasteiger partial charge in [0.25, 0.3) is 0 Å². The van der Waals surface area contributed by atoms with Crippen LogP contribution >= 0.6 is 0 Å². The van der Waals surface area contributed by atoms with Gasteiger partial charge in [-0.1, -0.05) is 12.1 Å². The minimum Gasteiger partial charge on any atom is -0.481 e. The van der Waals surface area contributed by atoms with E-state index in [0.29, 0.717) is 0 Å². The second-order valence-electron chi connectivity index (χ2n) is 3.68. The molecule has 1 aliphatic rings. The van der Waals surface area contributed by atoms with E-state index in [-0.39, 0.29) is 17.7 Å². The van der Waals surface area contributed by atoms with Gasteiger partial charge in [-0.2, -0.15) is 0 Å². The maximum absolute atomic E-state index is 12.6. The maximum atomic E-state index is 12.6. The Labute approximate surface area is 81.4 Å². The Balaban J connectivity index is 2.16. The van der Waals surface area contributed by atoms with E-state index in [4.69, 9.17) is 5.11 Å². The van der Waals surface area contributed by atoms with Gasteiger partial charge in [0.15, 0.2) is 0 Å². The largest absolute Gasteiger partial charge is 0.481 e. The molecule has 0 heterocycles. The average molecular weight is 194 g/mol. The molecule has 74 valence electrons. The van der Waals surface area contributed by atoms with Crippen molar-refractivity contribution in [2.75, 3.05) is 0 Å². The molecule has 1 aromatic rings. The summed E-state index contributed by atoms with van der Waals surface area (Å²) in [5.74, 6) is -1.22. The Kier molecular flexibility index (Phi) is 2.23. The Hall–Kier alpha value is -1.38. The zero-order valence-electron chi connectivity index (χ0n) is 7.61. The van der Waals surface area contributed by atoms with Crippen LogP contribution < -0.4 is 0 Å². The van der Waals surface area contributed by atoms with E-state index in [0.717, 1.165) is 18.4 Å². The summed E-state index contributed by atoms with van der Waals surface area (Å²) in [6.45, 7) is 0. The van der Waals surface area contributed by atoms with E-state index in [9.17, 15) is 9.18 Å². The lowest BCUT2D eigenvalue weighted by Crippen LogP contribution is -2.30. The summed E-state index contributed by atoms with van der Waals surface area (Å²) in [5, 5.41) is 8.85. The van der Waals surface area contributed by atoms with Crippen LogP contribution in [-0.4, -0.2) is 11.1 Å². The van der Waals surface area contributed by atoms with Gasteiger partial charge >= 0.3 is 5.97 Å². The summed E-state index contributed by atoms with van der Waals surface area (Å²) in [7, 11) is 0. The van der Waals surface area contributed by atoms with E-state index < -0.39 is 5.97 Å². The van der Waals surface area contributed by atoms with Crippen molar-refractivity contribution in [3.63, 3.8) is 0 Å². The van der Waals surface area contributed by atoms with Gasteiger partial charge in [0.2, 0.25) is 0 Å². The van der Waals surface area contributed by atoms with Gasteiger partial charge in [0.05, 0.1) is 5.92 Å². The lowest BCUT2D eigenvalue weighted by atomic mass is 9.70. The van der Waals surface area contributed by atoms with Crippen molar-refractivity contribution in [1.29, 1.82) is 0 Å². The van der Waals surface area contributed by atoms with Gasteiger partial charge in [-0.3, -0.25) is 4.79 Å². The minimum atomic E-state index is -0.745. The lowest BCUT2D eigenvalue weighted by Gasteiger charge is -2.33. The molecule has 2 nitrogen and oxygen atoms in total. The van der Waals surface area contributed by atoms with Crippen LogP contribution in [0.25, 0.3) is 0 Å². The number of halogens is 1. The van der Waals surface area contributed by atoms with Gasteiger partial charge in [0.1, 0.15) is 5.82 Å². The molecule has 0 aromatic heterocycles. The van der Waals surface area contributed by atoms with Gasteiger partial charge < -0.3 is 5.11 Å². The fourth-order valence-corrected chi connectivity index (χ4v) is 1.90.